The van der Waals surface area contributed by atoms with Crippen LogP contribution in [0.2, 0.25) is 0 Å². The molecule has 0 rings (SSSR count). The molecule has 0 saturated heterocycles. The van der Waals surface area contributed by atoms with Gasteiger partial charge in [-0.05, 0) is 6.42 Å². The van der Waals surface area contributed by atoms with Gasteiger partial charge in [0.25, 0.3) is 0 Å². The van der Waals surface area contributed by atoms with E-state index in [9.17, 15) is 9.36 Å². The van der Waals surface area contributed by atoms with Crippen molar-refractivity contribution in [3.63, 3.8) is 0 Å². The fraction of sp³-hybridized carbons (Fsp3) is 0.750. The maximum absolute atomic E-state index is 9.93. The molecule has 1 amide bonds. The molecule has 1 unspecified atom stereocenters. The molecule has 0 aromatic heterocycles. The van der Waals surface area contributed by atoms with Crippen LogP contribution in [0.5, 0.6) is 0 Å². The summed E-state index contributed by atoms with van der Waals surface area (Å²) in [7, 11) is -2.88. The molecule has 0 bridgehead atoms. The molecular formula is C4H11NNaO5P. The fourth-order valence-electron chi connectivity index (χ4n) is 0.439. The molecule has 1 atom stereocenters. The number of nitrogens with zero attached hydrogens (tertiary/aromatic N) is 1. The van der Waals surface area contributed by atoms with Gasteiger partial charge < -0.3 is 9.42 Å². The summed E-state index contributed by atoms with van der Waals surface area (Å²) in [5.74, 6) is 0. The first-order valence-electron chi connectivity index (χ1n) is 2.93. The fourth-order valence-corrected chi connectivity index (χ4v) is 0.758. The third-order valence-electron chi connectivity index (χ3n) is 0.879. The predicted molar refractivity (Wildman–Crippen MR) is 43.5 cm³/mol. The first-order chi connectivity index (χ1) is 5.16. The minimum atomic E-state index is -2.88. The van der Waals surface area contributed by atoms with Gasteiger partial charge in [0.1, 0.15) is 0 Å². The molecule has 0 aliphatic rings. The van der Waals surface area contributed by atoms with Crippen LogP contribution in [0, 0.1) is 0 Å². The third-order valence-corrected chi connectivity index (χ3v) is 1.33. The number of hydroxylamine groups is 2. The van der Waals surface area contributed by atoms with Crippen molar-refractivity contribution >= 4 is 44.2 Å². The van der Waals surface area contributed by atoms with Crippen molar-refractivity contribution in [3.05, 3.63) is 0 Å². The monoisotopic (exact) mass is 207 g/mol. The van der Waals surface area contributed by atoms with Crippen LogP contribution in [0.1, 0.15) is 6.42 Å². The molecule has 12 heavy (non-hydrogen) atoms. The van der Waals surface area contributed by atoms with Crippen molar-refractivity contribution < 1.29 is 24.0 Å². The van der Waals surface area contributed by atoms with E-state index in [2.05, 4.69) is 4.52 Å². The van der Waals surface area contributed by atoms with Crippen molar-refractivity contribution in [1.29, 1.82) is 0 Å². The number of hydrogen-bond donors (Lipinski definition) is 2. The molecule has 0 aliphatic carbocycles. The van der Waals surface area contributed by atoms with Crippen LogP contribution in [0.4, 0.5) is 0 Å². The molecular weight excluding hydrogens is 196 g/mol. The summed E-state index contributed by atoms with van der Waals surface area (Å²) in [6.45, 7) is 0.151. The molecule has 0 saturated carbocycles. The standard InChI is InChI=1S/C4H10NO5P.Na.H/c6-4-5(7)2-1-3-10-11(8)9;;/h4,7,11H,1-3H2,(H,8,9);;. The average Bonchev–Trinajstić information content (AvgIpc) is 1.97. The Kier molecular flexibility index (Phi) is 12.1. The third kappa shape index (κ3) is 10.6. The van der Waals surface area contributed by atoms with Crippen molar-refractivity contribution in [1.82, 2.24) is 5.06 Å². The molecule has 68 valence electrons. The zero-order valence-corrected chi connectivity index (χ0v) is 6.77. The first-order valence-corrected chi connectivity index (χ1v) is 4.19. The van der Waals surface area contributed by atoms with E-state index in [1.807, 2.05) is 0 Å². The second kappa shape index (κ2) is 9.67. The summed E-state index contributed by atoms with van der Waals surface area (Å²) >= 11 is 0. The summed E-state index contributed by atoms with van der Waals surface area (Å²) < 4.78 is 14.2. The molecule has 0 aliphatic heterocycles. The van der Waals surface area contributed by atoms with Crippen LogP contribution >= 0.6 is 8.25 Å². The van der Waals surface area contributed by atoms with Gasteiger partial charge in [-0.15, -0.1) is 0 Å². The van der Waals surface area contributed by atoms with Crippen molar-refractivity contribution in [2.75, 3.05) is 13.2 Å². The van der Waals surface area contributed by atoms with E-state index in [0.717, 1.165) is 0 Å². The Morgan fingerprint density at radius 2 is 2.17 bits per heavy atom. The van der Waals surface area contributed by atoms with Gasteiger partial charge in [0, 0.05) is 0 Å². The summed E-state index contributed by atoms with van der Waals surface area (Å²) in [5, 5.41) is 8.94. The minimum absolute atomic E-state index is 0. The van der Waals surface area contributed by atoms with Gasteiger partial charge in [0.15, 0.2) is 0 Å². The zero-order chi connectivity index (χ0) is 8.69. The summed E-state index contributed by atoms with van der Waals surface area (Å²) in [4.78, 5) is 17.9. The van der Waals surface area contributed by atoms with Gasteiger partial charge in [0.05, 0.1) is 13.2 Å². The second-order valence-electron chi connectivity index (χ2n) is 1.74. The number of carbonyl (C=O) groups is 1. The van der Waals surface area contributed by atoms with E-state index < -0.39 is 8.25 Å². The predicted octanol–water partition coefficient (Wildman–Crippen LogP) is -1.03. The van der Waals surface area contributed by atoms with Gasteiger partial charge in [-0.1, -0.05) is 0 Å². The van der Waals surface area contributed by atoms with E-state index in [1.165, 1.54) is 0 Å². The maximum atomic E-state index is 9.93. The SMILES string of the molecule is O=CN(O)CCCO[PH](=O)O.[NaH]. The summed E-state index contributed by atoms with van der Waals surface area (Å²) in [6, 6.07) is 0. The molecule has 0 spiro atoms. The Morgan fingerprint density at radius 3 is 2.58 bits per heavy atom. The number of rotatable bonds is 6. The van der Waals surface area contributed by atoms with Crippen molar-refractivity contribution in [3.8, 4) is 0 Å². The van der Waals surface area contributed by atoms with E-state index >= 15 is 0 Å². The Balaban J connectivity index is 0. The first kappa shape index (κ1) is 15.1. The molecule has 0 radical (unpaired) electrons. The van der Waals surface area contributed by atoms with Crippen molar-refractivity contribution in [2.24, 2.45) is 0 Å². The Morgan fingerprint density at radius 1 is 1.58 bits per heavy atom. The van der Waals surface area contributed by atoms with Crippen molar-refractivity contribution in [2.45, 2.75) is 6.42 Å². The summed E-state index contributed by atoms with van der Waals surface area (Å²) in [6.07, 6.45) is 0.578. The second-order valence-corrected chi connectivity index (χ2v) is 2.56. The van der Waals surface area contributed by atoms with Gasteiger partial charge in [-0.3, -0.25) is 14.6 Å². The summed E-state index contributed by atoms with van der Waals surface area (Å²) in [5.41, 5.74) is 0. The van der Waals surface area contributed by atoms with Gasteiger partial charge >= 0.3 is 37.8 Å². The molecule has 2 N–H and O–H groups in total. The van der Waals surface area contributed by atoms with Crippen LogP contribution in [0.25, 0.3) is 0 Å². The van der Waals surface area contributed by atoms with Gasteiger partial charge in [0.2, 0.25) is 6.41 Å². The van der Waals surface area contributed by atoms with Crippen LogP contribution in [0.15, 0.2) is 0 Å². The van der Waals surface area contributed by atoms with E-state index in [-0.39, 0.29) is 49.1 Å². The zero-order valence-electron chi connectivity index (χ0n) is 5.77. The van der Waals surface area contributed by atoms with Crippen LogP contribution in [-0.4, -0.2) is 64.3 Å². The molecule has 8 heteroatoms. The molecule has 0 heterocycles. The van der Waals surface area contributed by atoms with Crippen LogP contribution in [0.3, 0.4) is 0 Å². The molecule has 6 nitrogen and oxygen atoms in total. The van der Waals surface area contributed by atoms with E-state index in [4.69, 9.17) is 10.1 Å². The Labute approximate surface area is 92.7 Å². The molecule has 0 aromatic rings. The van der Waals surface area contributed by atoms with Gasteiger partial charge in [-0.25, -0.2) is 5.06 Å². The topological polar surface area (TPSA) is 87.1 Å². The van der Waals surface area contributed by atoms with Crippen LogP contribution < -0.4 is 0 Å². The molecule has 0 fully saturated rings. The Hall–Kier alpha value is 0.580. The van der Waals surface area contributed by atoms with Crippen LogP contribution in [-0.2, 0) is 13.9 Å². The normalized spacial score (nSPS) is 11.5. The molecule has 0 aromatic carbocycles. The quantitative estimate of drug-likeness (QED) is 0.145. The van der Waals surface area contributed by atoms with E-state index in [1.54, 1.807) is 0 Å². The number of hydrogen-bond acceptors (Lipinski definition) is 4. The Bertz CT molecular complexity index is 145. The number of carbonyl (C=O) groups excluding carboxylic acids is 1. The number of amides is 1. The van der Waals surface area contributed by atoms with Gasteiger partial charge in [-0.2, -0.15) is 0 Å². The van der Waals surface area contributed by atoms with E-state index in [0.29, 0.717) is 11.5 Å². The average molecular weight is 207 g/mol.